The average Bonchev–Trinajstić information content (AvgIpc) is 3.10. The molecule has 1 unspecified atom stereocenters. The summed E-state index contributed by atoms with van der Waals surface area (Å²) in [4.78, 5) is 54.0. The molecule has 50 heavy (non-hydrogen) atoms. The van der Waals surface area contributed by atoms with Crippen LogP contribution >= 0.6 is 0 Å². The number of urea groups is 1. The summed E-state index contributed by atoms with van der Waals surface area (Å²) >= 11 is 0. The molecule has 0 bridgehead atoms. The Labute approximate surface area is 293 Å². The molecular weight excluding hydrogens is 634 g/mol. The van der Waals surface area contributed by atoms with E-state index in [1.165, 1.54) is 4.90 Å². The SMILES string of the molecule is Cc1cncc(CN(C)C(=O)NC(C(=O)N[C@@H](Cc2ccccc2)[C@@H](O)C[C@H](Cc2ccccc2)NC(=O)OCc2cccnc2)C(C)C)n1. The Balaban J connectivity index is 1.48. The van der Waals surface area contributed by atoms with E-state index in [9.17, 15) is 19.5 Å². The minimum absolute atomic E-state index is 0.0445. The van der Waals surface area contributed by atoms with Crippen LogP contribution in [0.25, 0.3) is 0 Å². The predicted molar refractivity (Wildman–Crippen MR) is 190 cm³/mol. The number of aliphatic hydroxyl groups excluding tert-OH is 1. The molecule has 0 aliphatic heterocycles. The second-order valence-corrected chi connectivity index (χ2v) is 12.8. The van der Waals surface area contributed by atoms with Crippen molar-refractivity contribution in [3.05, 3.63) is 126 Å². The van der Waals surface area contributed by atoms with Gasteiger partial charge < -0.3 is 30.7 Å². The van der Waals surface area contributed by atoms with Crippen molar-refractivity contribution in [2.75, 3.05) is 7.05 Å². The molecule has 12 nitrogen and oxygen atoms in total. The molecule has 4 N–H and O–H groups in total. The predicted octanol–water partition coefficient (Wildman–Crippen LogP) is 4.36. The van der Waals surface area contributed by atoms with Crippen LogP contribution in [0.5, 0.6) is 0 Å². The van der Waals surface area contributed by atoms with E-state index in [1.807, 2.05) is 87.5 Å². The number of benzene rings is 2. The second-order valence-electron chi connectivity index (χ2n) is 12.8. The van der Waals surface area contributed by atoms with Crippen molar-refractivity contribution in [3.8, 4) is 0 Å². The Hall–Kier alpha value is -5.36. The number of hydrogen-bond acceptors (Lipinski definition) is 8. The van der Waals surface area contributed by atoms with Gasteiger partial charge in [0.25, 0.3) is 0 Å². The normalized spacial score (nSPS) is 13.4. The first-order chi connectivity index (χ1) is 24.1. The maximum absolute atomic E-state index is 13.9. The molecule has 4 rings (SSSR count). The van der Waals surface area contributed by atoms with Crippen molar-refractivity contribution in [1.29, 1.82) is 0 Å². The van der Waals surface area contributed by atoms with Crippen molar-refractivity contribution in [2.45, 2.75) is 77.4 Å². The van der Waals surface area contributed by atoms with Gasteiger partial charge >= 0.3 is 12.1 Å². The van der Waals surface area contributed by atoms with Crippen molar-refractivity contribution >= 4 is 18.0 Å². The Morgan fingerprint density at radius 2 is 1.48 bits per heavy atom. The maximum Gasteiger partial charge on any atom is 0.407 e. The zero-order chi connectivity index (χ0) is 35.9. The molecule has 0 fully saturated rings. The van der Waals surface area contributed by atoms with Gasteiger partial charge in [0.15, 0.2) is 0 Å². The van der Waals surface area contributed by atoms with E-state index < -0.39 is 42.3 Å². The molecule has 0 saturated heterocycles. The highest BCUT2D eigenvalue weighted by Gasteiger charge is 2.31. The summed E-state index contributed by atoms with van der Waals surface area (Å²) in [5.74, 6) is -0.691. The van der Waals surface area contributed by atoms with Gasteiger partial charge in [0.05, 0.1) is 36.3 Å². The Morgan fingerprint density at radius 1 is 0.820 bits per heavy atom. The lowest BCUT2D eigenvalue weighted by molar-refractivity contribution is -0.125. The zero-order valence-electron chi connectivity index (χ0n) is 29.0. The minimum atomic E-state index is -1.07. The van der Waals surface area contributed by atoms with Gasteiger partial charge in [0.1, 0.15) is 12.6 Å². The monoisotopic (exact) mass is 681 g/mol. The lowest BCUT2D eigenvalue weighted by atomic mass is 9.93. The number of alkyl carbamates (subject to hydrolysis) is 1. The molecule has 0 saturated carbocycles. The summed E-state index contributed by atoms with van der Waals surface area (Å²) < 4.78 is 5.46. The van der Waals surface area contributed by atoms with Crippen LogP contribution < -0.4 is 16.0 Å². The number of nitrogens with one attached hydrogen (secondary N) is 3. The lowest BCUT2D eigenvalue weighted by Gasteiger charge is -2.31. The number of carbonyl (C=O) groups is 3. The highest BCUT2D eigenvalue weighted by molar-refractivity contribution is 5.87. The number of aryl methyl sites for hydroxylation is 1. The van der Waals surface area contributed by atoms with Crippen LogP contribution in [0.2, 0.25) is 0 Å². The Morgan fingerprint density at radius 3 is 2.10 bits per heavy atom. The molecule has 0 aliphatic carbocycles. The zero-order valence-corrected chi connectivity index (χ0v) is 29.0. The Kier molecular flexibility index (Phi) is 14.2. The van der Waals surface area contributed by atoms with E-state index in [0.717, 1.165) is 22.4 Å². The van der Waals surface area contributed by atoms with Gasteiger partial charge in [-0.1, -0.05) is 80.6 Å². The largest absolute Gasteiger partial charge is 0.445 e. The van der Waals surface area contributed by atoms with Gasteiger partial charge in [-0.25, -0.2) is 9.59 Å². The van der Waals surface area contributed by atoms with Crippen molar-refractivity contribution in [3.63, 3.8) is 0 Å². The van der Waals surface area contributed by atoms with Crippen LogP contribution in [0, 0.1) is 12.8 Å². The van der Waals surface area contributed by atoms with Crippen molar-refractivity contribution in [1.82, 2.24) is 35.8 Å². The summed E-state index contributed by atoms with van der Waals surface area (Å²) in [5.41, 5.74) is 3.98. The summed E-state index contributed by atoms with van der Waals surface area (Å²) in [6, 6.07) is 20.1. The van der Waals surface area contributed by atoms with E-state index in [-0.39, 0.29) is 25.5 Å². The van der Waals surface area contributed by atoms with Crippen molar-refractivity contribution < 1.29 is 24.2 Å². The third kappa shape index (κ3) is 12.3. The number of rotatable bonds is 16. The maximum atomic E-state index is 13.9. The number of carbonyl (C=O) groups excluding carboxylic acids is 3. The van der Waals surface area contributed by atoms with Crippen LogP contribution in [0.1, 0.15) is 48.3 Å². The van der Waals surface area contributed by atoms with E-state index in [0.29, 0.717) is 18.5 Å². The summed E-state index contributed by atoms with van der Waals surface area (Å²) in [5, 5.41) is 20.5. The lowest BCUT2D eigenvalue weighted by Crippen LogP contribution is -2.57. The molecule has 0 spiro atoms. The molecule has 2 aromatic carbocycles. The number of pyridine rings is 1. The smallest absolute Gasteiger partial charge is 0.407 e. The molecular formula is C38H47N7O5. The quantitative estimate of drug-likeness (QED) is 0.136. The highest BCUT2D eigenvalue weighted by atomic mass is 16.5. The number of ether oxygens (including phenoxy) is 1. The third-order valence-electron chi connectivity index (χ3n) is 8.14. The summed E-state index contributed by atoms with van der Waals surface area (Å²) in [7, 11) is 1.62. The molecule has 2 aromatic heterocycles. The number of hydrogen-bond donors (Lipinski definition) is 4. The molecule has 0 radical (unpaired) electrons. The van der Waals surface area contributed by atoms with Crippen molar-refractivity contribution in [2.24, 2.45) is 5.92 Å². The van der Waals surface area contributed by atoms with Gasteiger partial charge in [-0.3, -0.25) is 19.7 Å². The van der Waals surface area contributed by atoms with Crippen LogP contribution in [-0.4, -0.2) is 74.3 Å². The van der Waals surface area contributed by atoms with Crippen LogP contribution in [0.15, 0.2) is 97.6 Å². The molecule has 12 heteroatoms. The molecule has 2 heterocycles. The molecule has 0 aliphatic rings. The second kappa shape index (κ2) is 19.0. The first-order valence-corrected chi connectivity index (χ1v) is 16.7. The van der Waals surface area contributed by atoms with Gasteiger partial charge in [-0.05, 0) is 49.3 Å². The van der Waals surface area contributed by atoms with E-state index >= 15 is 0 Å². The van der Waals surface area contributed by atoms with Crippen LogP contribution in [-0.2, 0) is 35.5 Å². The average molecular weight is 682 g/mol. The number of aromatic nitrogens is 3. The van der Waals surface area contributed by atoms with E-state index in [2.05, 4.69) is 30.9 Å². The standard InChI is InChI=1S/C38H47N7O5/c1-26(2)35(44-37(48)45(4)24-32-23-40-21-27(3)41-32)36(47)43-33(19-29-14-9-6-10-15-29)34(46)20-31(18-28-12-7-5-8-13-28)42-38(49)50-25-30-16-11-17-39-22-30/h5-17,21-23,26,31,33-35,46H,18-20,24-25H2,1-4H3,(H,42,49)(H,43,47)(H,44,48)/t31-,33-,34-,35?/m0/s1. The van der Waals surface area contributed by atoms with Gasteiger partial charge in [-0.2, -0.15) is 0 Å². The third-order valence-corrected chi connectivity index (χ3v) is 8.14. The topological polar surface area (TPSA) is 159 Å². The number of aliphatic hydroxyl groups is 1. The number of nitrogens with zero attached hydrogens (tertiary/aromatic N) is 4. The molecule has 4 aromatic rings. The number of amides is 4. The summed E-state index contributed by atoms with van der Waals surface area (Å²) in [6.07, 6.45) is 5.66. The van der Waals surface area contributed by atoms with E-state index in [4.69, 9.17) is 4.74 Å². The molecule has 264 valence electrons. The van der Waals surface area contributed by atoms with Gasteiger partial charge in [-0.15, -0.1) is 0 Å². The van der Waals surface area contributed by atoms with Gasteiger partial charge in [0, 0.05) is 37.2 Å². The minimum Gasteiger partial charge on any atom is -0.445 e. The highest BCUT2D eigenvalue weighted by Crippen LogP contribution is 2.16. The first kappa shape index (κ1) is 37.5. The molecule has 4 atom stereocenters. The van der Waals surface area contributed by atoms with Crippen LogP contribution in [0.4, 0.5) is 9.59 Å². The molecule has 4 amide bonds. The summed E-state index contributed by atoms with van der Waals surface area (Å²) in [6.45, 7) is 5.77. The fraction of sp³-hybridized carbons (Fsp3) is 0.368. The fourth-order valence-corrected chi connectivity index (χ4v) is 5.50. The van der Waals surface area contributed by atoms with E-state index in [1.54, 1.807) is 37.9 Å². The van der Waals surface area contributed by atoms with Crippen LogP contribution in [0.3, 0.4) is 0 Å². The van der Waals surface area contributed by atoms with Gasteiger partial charge in [0.2, 0.25) is 5.91 Å². The fourth-order valence-electron chi connectivity index (χ4n) is 5.50. The first-order valence-electron chi connectivity index (χ1n) is 16.7. The Bertz CT molecular complexity index is 1640.